The molecule has 0 aliphatic heterocycles. The molecular formula is C11H11N2O3-. The molecule has 1 heterocycles. The third-order valence-corrected chi connectivity index (χ3v) is 2.51. The van der Waals surface area contributed by atoms with Crippen molar-refractivity contribution in [3.63, 3.8) is 0 Å². The van der Waals surface area contributed by atoms with Gasteiger partial charge in [0.05, 0.1) is 13.1 Å². The molecule has 1 aromatic heterocycles. The Bertz CT molecular complexity index is 545. The van der Waals surface area contributed by atoms with Crippen LogP contribution in [0.15, 0.2) is 12.1 Å². The zero-order chi connectivity index (χ0) is 11.7. The van der Waals surface area contributed by atoms with Crippen LogP contribution >= 0.6 is 0 Å². The molecule has 5 nitrogen and oxygen atoms in total. The first kappa shape index (κ1) is 10.5. The van der Waals surface area contributed by atoms with Crippen molar-refractivity contribution in [1.29, 1.82) is 0 Å². The molecule has 0 aliphatic rings. The number of H-pyrrole nitrogens is 1. The van der Waals surface area contributed by atoms with Crippen molar-refractivity contribution in [3.8, 4) is 5.75 Å². The van der Waals surface area contributed by atoms with Gasteiger partial charge in [0.2, 0.25) is 0 Å². The molecule has 1 aromatic carbocycles. The Kier molecular flexibility index (Phi) is 2.52. The molecule has 0 amide bonds. The standard InChI is InChI=1S/C11H12N2O3/c1-3-8-7-4-6(11(14)15)5-9(16-2)10(7)13-12-8/h4-5H,3H2,1-2H3,(H,12,13)(H,14,15)/p-1. The van der Waals surface area contributed by atoms with Gasteiger partial charge in [0.1, 0.15) is 11.3 Å². The summed E-state index contributed by atoms with van der Waals surface area (Å²) in [4.78, 5) is 10.8. The highest BCUT2D eigenvalue weighted by Gasteiger charge is 2.11. The van der Waals surface area contributed by atoms with Gasteiger partial charge in [-0.15, -0.1) is 0 Å². The predicted molar refractivity (Wildman–Crippen MR) is 56.4 cm³/mol. The number of carboxylic acid groups (broad SMARTS) is 1. The van der Waals surface area contributed by atoms with Crippen LogP contribution in [0.2, 0.25) is 0 Å². The van der Waals surface area contributed by atoms with Gasteiger partial charge in [-0.1, -0.05) is 6.92 Å². The van der Waals surface area contributed by atoms with E-state index in [0.717, 1.165) is 17.5 Å². The Morgan fingerprint density at radius 2 is 2.31 bits per heavy atom. The van der Waals surface area contributed by atoms with Gasteiger partial charge < -0.3 is 14.6 Å². The molecule has 0 fully saturated rings. The van der Waals surface area contributed by atoms with E-state index in [0.29, 0.717) is 11.3 Å². The summed E-state index contributed by atoms with van der Waals surface area (Å²) >= 11 is 0. The van der Waals surface area contributed by atoms with Crippen LogP contribution in [0.5, 0.6) is 5.75 Å². The van der Waals surface area contributed by atoms with Crippen LogP contribution in [0.3, 0.4) is 0 Å². The number of benzene rings is 1. The van der Waals surface area contributed by atoms with Crippen molar-refractivity contribution in [2.75, 3.05) is 7.11 Å². The Hall–Kier alpha value is -2.04. The lowest BCUT2D eigenvalue weighted by Crippen LogP contribution is -2.22. The number of nitrogens with one attached hydrogen (secondary N) is 1. The summed E-state index contributed by atoms with van der Waals surface area (Å²) < 4.78 is 5.10. The molecule has 1 N–H and O–H groups in total. The molecule has 0 spiro atoms. The number of nitrogens with zero attached hydrogens (tertiary/aromatic N) is 1. The van der Waals surface area contributed by atoms with Gasteiger partial charge in [-0.25, -0.2) is 0 Å². The van der Waals surface area contributed by atoms with Crippen LogP contribution in [-0.2, 0) is 6.42 Å². The van der Waals surface area contributed by atoms with Crippen molar-refractivity contribution >= 4 is 16.9 Å². The van der Waals surface area contributed by atoms with E-state index >= 15 is 0 Å². The number of aromatic amines is 1. The highest BCUT2D eigenvalue weighted by Crippen LogP contribution is 2.27. The number of methoxy groups -OCH3 is 1. The molecule has 0 aliphatic carbocycles. The average molecular weight is 219 g/mol. The largest absolute Gasteiger partial charge is 0.545 e. The van der Waals surface area contributed by atoms with E-state index in [1.54, 1.807) is 6.07 Å². The number of ether oxygens (including phenoxy) is 1. The SMILES string of the molecule is CCc1[nH]nc2c(OC)cc(C(=O)[O-])cc12. The number of fused-ring (bicyclic) bond motifs is 1. The molecule has 84 valence electrons. The minimum Gasteiger partial charge on any atom is -0.545 e. The number of aryl methyl sites for hydroxylation is 1. The summed E-state index contributed by atoms with van der Waals surface area (Å²) in [6, 6.07) is 2.97. The monoisotopic (exact) mass is 219 g/mol. The third kappa shape index (κ3) is 1.50. The first-order valence-electron chi connectivity index (χ1n) is 4.93. The number of hydrogen-bond donors (Lipinski definition) is 1. The number of carbonyl (C=O) groups excluding carboxylic acids is 1. The molecule has 2 aromatic rings. The zero-order valence-electron chi connectivity index (χ0n) is 9.03. The molecule has 5 heteroatoms. The fourth-order valence-corrected chi connectivity index (χ4v) is 1.68. The summed E-state index contributed by atoms with van der Waals surface area (Å²) in [7, 11) is 1.48. The van der Waals surface area contributed by atoms with Crippen LogP contribution in [0.4, 0.5) is 0 Å². The van der Waals surface area contributed by atoms with E-state index in [-0.39, 0.29) is 5.56 Å². The van der Waals surface area contributed by atoms with Crippen molar-refractivity contribution < 1.29 is 14.6 Å². The van der Waals surface area contributed by atoms with Gasteiger partial charge in [-0.05, 0) is 18.6 Å². The molecule has 0 radical (unpaired) electrons. The van der Waals surface area contributed by atoms with E-state index in [2.05, 4.69) is 10.2 Å². The third-order valence-electron chi connectivity index (χ3n) is 2.51. The van der Waals surface area contributed by atoms with Crippen LogP contribution in [-0.4, -0.2) is 23.3 Å². The van der Waals surface area contributed by atoms with Gasteiger partial charge in [0, 0.05) is 16.6 Å². The molecular weight excluding hydrogens is 208 g/mol. The molecule has 16 heavy (non-hydrogen) atoms. The average Bonchev–Trinajstić information content (AvgIpc) is 2.70. The second-order valence-corrected chi connectivity index (χ2v) is 3.42. The van der Waals surface area contributed by atoms with E-state index in [1.165, 1.54) is 13.2 Å². The first-order valence-corrected chi connectivity index (χ1v) is 4.93. The van der Waals surface area contributed by atoms with Crippen LogP contribution < -0.4 is 9.84 Å². The lowest BCUT2D eigenvalue weighted by Gasteiger charge is -2.06. The first-order chi connectivity index (χ1) is 7.67. The number of rotatable bonds is 3. The second-order valence-electron chi connectivity index (χ2n) is 3.42. The van der Waals surface area contributed by atoms with Crippen molar-refractivity contribution in [1.82, 2.24) is 10.2 Å². The van der Waals surface area contributed by atoms with Gasteiger partial charge in [0.25, 0.3) is 0 Å². The van der Waals surface area contributed by atoms with Crippen LogP contribution in [0.1, 0.15) is 23.0 Å². The number of aromatic nitrogens is 2. The number of carbonyl (C=O) groups is 1. The fourth-order valence-electron chi connectivity index (χ4n) is 1.68. The molecule has 0 saturated heterocycles. The van der Waals surface area contributed by atoms with Gasteiger partial charge in [0.15, 0.2) is 0 Å². The quantitative estimate of drug-likeness (QED) is 0.815. The van der Waals surface area contributed by atoms with Gasteiger partial charge in [-0.3, -0.25) is 5.10 Å². The van der Waals surface area contributed by atoms with Crippen molar-refractivity contribution in [2.45, 2.75) is 13.3 Å². The summed E-state index contributed by atoms with van der Waals surface area (Å²) in [5.74, 6) is -0.781. The summed E-state index contributed by atoms with van der Waals surface area (Å²) in [6.45, 7) is 1.96. The lowest BCUT2D eigenvalue weighted by molar-refractivity contribution is -0.255. The highest BCUT2D eigenvalue weighted by molar-refractivity contribution is 5.96. The Morgan fingerprint density at radius 3 is 2.88 bits per heavy atom. The molecule has 2 rings (SSSR count). The minimum absolute atomic E-state index is 0.0976. The number of aromatic carboxylic acids is 1. The highest BCUT2D eigenvalue weighted by atomic mass is 16.5. The van der Waals surface area contributed by atoms with Crippen molar-refractivity contribution in [2.24, 2.45) is 0 Å². The Balaban J connectivity index is 2.76. The predicted octanol–water partition coefficient (Wildman–Crippen LogP) is 0.497. The van der Waals surface area contributed by atoms with Crippen molar-refractivity contribution in [3.05, 3.63) is 23.4 Å². The summed E-state index contributed by atoms with van der Waals surface area (Å²) in [5, 5.41) is 18.6. The smallest absolute Gasteiger partial charge is 0.147 e. The van der Waals surface area contributed by atoms with E-state index in [4.69, 9.17) is 4.74 Å². The number of hydrogen-bond acceptors (Lipinski definition) is 4. The Morgan fingerprint density at radius 1 is 1.56 bits per heavy atom. The van der Waals surface area contributed by atoms with Gasteiger partial charge >= 0.3 is 0 Å². The zero-order valence-corrected chi connectivity index (χ0v) is 9.03. The molecule has 0 unspecified atom stereocenters. The van der Waals surface area contributed by atoms with Crippen LogP contribution in [0.25, 0.3) is 10.9 Å². The number of carboxylic acids is 1. The summed E-state index contributed by atoms with van der Waals surface area (Å²) in [5.41, 5.74) is 1.63. The second kappa shape index (κ2) is 3.84. The van der Waals surface area contributed by atoms with E-state index in [9.17, 15) is 9.90 Å². The molecule has 0 atom stereocenters. The molecule has 0 saturated carbocycles. The van der Waals surface area contributed by atoms with Gasteiger partial charge in [-0.2, -0.15) is 5.10 Å². The van der Waals surface area contributed by atoms with Crippen LogP contribution in [0, 0.1) is 0 Å². The maximum absolute atomic E-state index is 10.8. The topological polar surface area (TPSA) is 78.0 Å². The van der Waals surface area contributed by atoms with E-state index in [1.807, 2.05) is 6.92 Å². The maximum atomic E-state index is 10.8. The normalized spacial score (nSPS) is 10.6. The minimum atomic E-state index is -1.22. The summed E-state index contributed by atoms with van der Waals surface area (Å²) in [6.07, 6.45) is 0.746. The molecule has 0 bridgehead atoms. The Labute approximate surface area is 92.0 Å². The lowest BCUT2D eigenvalue weighted by atomic mass is 10.1. The maximum Gasteiger partial charge on any atom is 0.147 e. The van der Waals surface area contributed by atoms with E-state index < -0.39 is 5.97 Å². The fraction of sp³-hybridized carbons (Fsp3) is 0.273.